The van der Waals surface area contributed by atoms with Gasteiger partial charge in [-0.15, -0.1) is 0 Å². The summed E-state index contributed by atoms with van der Waals surface area (Å²) >= 11 is 7.95. The van der Waals surface area contributed by atoms with Gasteiger partial charge in [0.15, 0.2) is 0 Å². The molecule has 0 saturated carbocycles. The average molecular weight is 1030 g/mol. The van der Waals surface area contributed by atoms with Crippen LogP contribution in [0.4, 0.5) is 0 Å². The van der Waals surface area contributed by atoms with Gasteiger partial charge in [0.2, 0.25) is 47.3 Å². The molecule has 2 aromatic heterocycles. The van der Waals surface area contributed by atoms with Gasteiger partial charge in [-0.2, -0.15) is 25.3 Å². The molecule has 8 amide bonds. The molecule has 15 N–H and O–H groups in total. The fraction of sp³-hybridized carbons (Fsp3) is 0.523. The van der Waals surface area contributed by atoms with Crippen molar-refractivity contribution in [3.63, 3.8) is 0 Å². The summed E-state index contributed by atoms with van der Waals surface area (Å²) in [6, 6.07) is -3.86. The van der Waals surface area contributed by atoms with E-state index >= 15 is 0 Å². The number of fused-ring (bicyclic) bond motifs is 1. The van der Waals surface area contributed by atoms with Gasteiger partial charge in [-0.05, 0) is 36.3 Å². The Bertz CT molecular complexity index is 2330. The van der Waals surface area contributed by atoms with Gasteiger partial charge in [-0.1, -0.05) is 45.9 Å². The molecule has 0 aliphatic heterocycles. The summed E-state index contributed by atoms with van der Waals surface area (Å²) in [5.74, 6) is -11.1. The van der Waals surface area contributed by atoms with Gasteiger partial charge in [-0.25, -0.2) is 9.78 Å². The Morgan fingerprint density at radius 3 is 1.85 bits per heavy atom. The van der Waals surface area contributed by atoms with Crippen LogP contribution in [0, 0.1) is 11.8 Å². The van der Waals surface area contributed by atoms with E-state index < -0.39 is 139 Å². The molecule has 390 valence electrons. The minimum Gasteiger partial charge on any atom is -0.481 e. The first-order valence-corrected chi connectivity index (χ1v) is 23.8. The van der Waals surface area contributed by atoms with Crippen LogP contribution >= 0.6 is 25.3 Å². The molecule has 0 aliphatic rings. The van der Waals surface area contributed by atoms with Crippen molar-refractivity contribution in [1.29, 1.82) is 0 Å². The number of imidazole rings is 1. The zero-order valence-corrected chi connectivity index (χ0v) is 41.3. The van der Waals surface area contributed by atoms with Crippen molar-refractivity contribution in [3.8, 4) is 0 Å². The number of carboxylic acids is 2. The number of amides is 8. The first kappa shape index (κ1) is 58.6. The lowest BCUT2D eigenvalue weighted by Crippen LogP contribution is -2.61. The van der Waals surface area contributed by atoms with Crippen LogP contribution in [0.25, 0.3) is 10.9 Å². The number of nitrogens with one attached hydrogen (secondary N) is 10. The fourth-order valence-corrected chi connectivity index (χ4v) is 7.35. The van der Waals surface area contributed by atoms with E-state index in [4.69, 9.17) is 5.73 Å². The molecule has 71 heavy (non-hydrogen) atoms. The Balaban J connectivity index is 1.80. The van der Waals surface area contributed by atoms with Crippen LogP contribution in [-0.2, 0) is 60.8 Å². The number of carbonyl (C=O) groups is 10. The van der Waals surface area contributed by atoms with Crippen LogP contribution in [0.1, 0.15) is 58.2 Å². The number of aliphatic carboxylic acids is 2. The van der Waals surface area contributed by atoms with Crippen molar-refractivity contribution >= 4 is 95.4 Å². The van der Waals surface area contributed by atoms with Crippen molar-refractivity contribution < 1.29 is 63.3 Å². The fourth-order valence-electron chi connectivity index (χ4n) is 6.94. The maximum Gasteiger partial charge on any atom is 0.327 e. The zero-order chi connectivity index (χ0) is 52.9. The minimum atomic E-state index is -1.70. The van der Waals surface area contributed by atoms with Crippen molar-refractivity contribution in [2.45, 2.75) is 108 Å². The number of H-pyrrole nitrogens is 2. The summed E-state index contributed by atoms with van der Waals surface area (Å²) in [5, 5.41) is 49.2. The SMILES string of the molecule is CC(C)C[C@H](NC(=O)[C@H](CO)NC(=O)[C@H](Cc1cnc[nH]1)NC(=O)[C@H](Cc1c[nH]c2ccccc12)NC(=O)[C@@H](N)CS)C(=O)N[C@H](C(=O)N[C@@H](CCC(=O)O)C(=O)NCC(=O)N[C@@H](CS)C(=O)O)C(C)C. The van der Waals surface area contributed by atoms with E-state index in [2.05, 4.69) is 82.7 Å². The molecule has 0 radical (unpaired) electrons. The summed E-state index contributed by atoms with van der Waals surface area (Å²) in [6.07, 6.45) is 3.14. The number of hydrogen-bond donors (Lipinski definition) is 16. The number of benzene rings is 1. The molecular weight excluding hydrogens is 969 g/mol. The number of nitrogens with two attached hydrogens (primary N) is 1. The molecule has 0 spiro atoms. The highest BCUT2D eigenvalue weighted by Crippen LogP contribution is 2.20. The second-order valence-electron chi connectivity index (χ2n) is 17.3. The van der Waals surface area contributed by atoms with Gasteiger partial charge in [-0.3, -0.25) is 43.2 Å². The monoisotopic (exact) mass is 1030 g/mol. The molecule has 1 aromatic carbocycles. The van der Waals surface area contributed by atoms with Gasteiger partial charge >= 0.3 is 11.9 Å². The van der Waals surface area contributed by atoms with Gasteiger partial charge in [0.25, 0.3) is 0 Å². The summed E-state index contributed by atoms with van der Waals surface area (Å²) in [6.45, 7) is 4.88. The van der Waals surface area contributed by atoms with Crippen LogP contribution in [0.2, 0.25) is 0 Å². The Morgan fingerprint density at radius 1 is 0.676 bits per heavy atom. The number of carbonyl (C=O) groups excluding carboxylic acids is 8. The van der Waals surface area contributed by atoms with E-state index in [0.717, 1.165) is 10.9 Å². The lowest BCUT2D eigenvalue weighted by molar-refractivity contribution is -0.141. The molecule has 3 aromatic rings. The third-order valence-electron chi connectivity index (χ3n) is 10.8. The summed E-state index contributed by atoms with van der Waals surface area (Å²) in [4.78, 5) is 141. The normalized spacial score (nSPS) is 14.6. The zero-order valence-electron chi connectivity index (χ0n) is 39.5. The van der Waals surface area contributed by atoms with E-state index in [-0.39, 0.29) is 36.7 Å². The largest absolute Gasteiger partial charge is 0.481 e. The van der Waals surface area contributed by atoms with Gasteiger partial charge < -0.3 is 73.6 Å². The number of aromatic amines is 2. The lowest BCUT2D eigenvalue weighted by atomic mass is 9.99. The molecule has 0 bridgehead atoms. The predicted octanol–water partition coefficient (Wildman–Crippen LogP) is -2.98. The van der Waals surface area contributed by atoms with Crippen LogP contribution in [-0.4, -0.2) is 162 Å². The molecule has 27 heteroatoms. The Labute approximate surface area is 419 Å². The standard InChI is InChI=1S/C44H64N12O13S2/c1-21(2)11-29(41(65)56-36(22(3)4)43(67)51-28(9-10-35(59)60)38(62)48-16-34(58)50-33(19-71)44(68)69)53-42(66)32(17-57)55-40(64)31(13-24-15-46-20-49-24)54-39(63)30(52-37(61)26(45)18-70)12-23-14-47-27-8-6-5-7-25(23)27/h5-8,14-15,20-22,26,28-33,36,47,57,70-71H,9-13,16-19,45H2,1-4H3,(H,46,49)(H,48,62)(H,50,58)(H,51,67)(H,52,61)(H,53,66)(H,54,63)(H,55,64)(H,56,65)(H,59,60)(H,68,69)/t26-,28-,29-,30-,31-,32-,33-,36-/m0/s1. The smallest absolute Gasteiger partial charge is 0.327 e. The highest BCUT2D eigenvalue weighted by atomic mass is 32.1. The quantitative estimate of drug-likeness (QED) is 0.0296. The molecular formula is C44H64N12O13S2. The second-order valence-corrected chi connectivity index (χ2v) is 18.0. The van der Waals surface area contributed by atoms with Gasteiger partial charge in [0.05, 0.1) is 25.5 Å². The van der Waals surface area contributed by atoms with Crippen molar-refractivity contribution in [1.82, 2.24) is 57.5 Å². The van der Waals surface area contributed by atoms with E-state index in [0.29, 0.717) is 11.3 Å². The van der Waals surface area contributed by atoms with E-state index in [1.165, 1.54) is 12.5 Å². The molecule has 25 nitrogen and oxygen atoms in total. The lowest BCUT2D eigenvalue weighted by Gasteiger charge is -2.29. The summed E-state index contributed by atoms with van der Waals surface area (Å²) in [5.41, 5.74) is 7.74. The maximum absolute atomic E-state index is 14.1. The van der Waals surface area contributed by atoms with Crippen LogP contribution in [0.15, 0.2) is 43.0 Å². The van der Waals surface area contributed by atoms with Crippen LogP contribution in [0.3, 0.4) is 0 Å². The summed E-state index contributed by atoms with van der Waals surface area (Å²) in [7, 11) is 0. The molecule has 0 saturated heterocycles. The van der Waals surface area contributed by atoms with Gasteiger partial charge in [0, 0.05) is 59.8 Å². The Hall–Kier alpha value is -6.71. The van der Waals surface area contributed by atoms with Crippen LogP contribution in [0.5, 0.6) is 0 Å². The molecule has 0 aliphatic carbocycles. The number of thiol groups is 2. The number of hydrogen-bond acceptors (Lipinski definition) is 15. The first-order chi connectivity index (χ1) is 33.6. The van der Waals surface area contributed by atoms with Crippen molar-refractivity contribution in [2.24, 2.45) is 17.6 Å². The van der Waals surface area contributed by atoms with Crippen molar-refractivity contribution in [2.75, 3.05) is 24.7 Å². The Morgan fingerprint density at radius 2 is 1.27 bits per heavy atom. The van der Waals surface area contributed by atoms with E-state index in [1.807, 2.05) is 18.2 Å². The number of carboxylic acid groups (broad SMARTS) is 2. The third kappa shape index (κ3) is 18.9. The topological polar surface area (TPSA) is 398 Å². The number of aromatic nitrogens is 3. The third-order valence-corrected chi connectivity index (χ3v) is 11.6. The van der Waals surface area contributed by atoms with Crippen molar-refractivity contribution in [3.05, 3.63) is 54.2 Å². The first-order valence-electron chi connectivity index (χ1n) is 22.5. The number of aliphatic hydroxyl groups excluding tert-OH is 1. The molecule has 8 atom stereocenters. The minimum absolute atomic E-state index is 0.0172. The highest BCUT2D eigenvalue weighted by molar-refractivity contribution is 7.80. The van der Waals surface area contributed by atoms with Crippen LogP contribution < -0.4 is 48.3 Å². The predicted molar refractivity (Wildman–Crippen MR) is 262 cm³/mol. The molecule has 3 rings (SSSR count). The number of nitrogens with zero attached hydrogens (tertiary/aromatic N) is 1. The van der Waals surface area contributed by atoms with Gasteiger partial charge in [0.1, 0.15) is 42.3 Å². The molecule has 0 unspecified atom stereocenters. The number of aliphatic hydroxyl groups is 1. The Kier molecular flexibility index (Phi) is 23.8. The second kappa shape index (κ2) is 28.8. The van der Waals surface area contributed by atoms with E-state index in [1.54, 1.807) is 40.0 Å². The highest BCUT2D eigenvalue weighted by Gasteiger charge is 2.35. The number of rotatable bonds is 30. The number of para-hydroxylation sites is 1. The van der Waals surface area contributed by atoms with E-state index in [9.17, 15) is 63.3 Å². The average Bonchev–Trinajstić information content (AvgIpc) is 4.00. The molecule has 2 heterocycles. The summed E-state index contributed by atoms with van der Waals surface area (Å²) < 4.78 is 0. The maximum atomic E-state index is 14.1. The molecule has 0 fully saturated rings.